The Hall–Kier alpha value is -1.34. The monoisotopic (exact) mass is 301 g/mol. The highest BCUT2D eigenvalue weighted by atomic mass is 16.5. The summed E-state index contributed by atoms with van der Waals surface area (Å²) in [6.45, 7) is 6.53. The molecule has 1 aliphatic rings. The van der Waals surface area contributed by atoms with Crippen LogP contribution in [0.2, 0.25) is 0 Å². The van der Waals surface area contributed by atoms with Crippen molar-refractivity contribution < 1.29 is 19.4 Å². The van der Waals surface area contributed by atoms with E-state index in [0.29, 0.717) is 32.8 Å². The fourth-order valence-electron chi connectivity index (χ4n) is 2.48. The Morgan fingerprint density at radius 2 is 1.90 bits per heavy atom. The maximum atomic E-state index is 12.2. The highest BCUT2D eigenvalue weighted by Gasteiger charge is 2.27. The quantitative estimate of drug-likeness (QED) is 0.719. The standard InChI is InChI=1S/C14H27N3O4/c1-4-5-12(10-21-3)15-14(20)17-8-6-16(7-9-17)11(2)13(18)19/h11-12H,4-10H2,1-3H3,(H,15,20)(H,18,19). The summed E-state index contributed by atoms with van der Waals surface area (Å²) in [6.07, 6.45) is 1.87. The lowest BCUT2D eigenvalue weighted by Gasteiger charge is -2.37. The van der Waals surface area contributed by atoms with Gasteiger partial charge in [-0.25, -0.2) is 4.79 Å². The summed E-state index contributed by atoms with van der Waals surface area (Å²) in [4.78, 5) is 26.8. The zero-order valence-electron chi connectivity index (χ0n) is 13.2. The van der Waals surface area contributed by atoms with E-state index in [1.807, 2.05) is 4.90 Å². The lowest BCUT2D eigenvalue weighted by Crippen LogP contribution is -2.56. The number of carboxylic acid groups (broad SMARTS) is 1. The smallest absolute Gasteiger partial charge is 0.320 e. The molecule has 1 heterocycles. The van der Waals surface area contributed by atoms with Gasteiger partial charge in [0.2, 0.25) is 0 Å². The molecule has 21 heavy (non-hydrogen) atoms. The molecule has 0 bridgehead atoms. The second kappa shape index (κ2) is 8.84. The number of nitrogens with one attached hydrogen (secondary N) is 1. The van der Waals surface area contributed by atoms with Crippen molar-refractivity contribution in [2.45, 2.75) is 38.8 Å². The van der Waals surface area contributed by atoms with Crippen LogP contribution in [0.4, 0.5) is 4.79 Å². The van der Waals surface area contributed by atoms with Crippen molar-refractivity contribution in [1.82, 2.24) is 15.1 Å². The van der Waals surface area contributed by atoms with E-state index in [4.69, 9.17) is 9.84 Å². The van der Waals surface area contributed by atoms with E-state index in [1.165, 1.54) is 0 Å². The van der Waals surface area contributed by atoms with Crippen LogP contribution in [0.5, 0.6) is 0 Å². The zero-order chi connectivity index (χ0) is 15.8. The van der Waals surface area contributed by atoms with E-state index < -0.39 is 12.0 Å². The highest BCUT2D eigenvalue weighted by Crippen LogP contribution is 2.07. The van der Waals surface area contributed by atoms with Crippen molar-refractivity contribution in [1.29, 1.82) is 0 Å². The van der Waals surface area contributed by atoms with Crippen LogP contribution in [0.3, 0.4) is 0 Å². The minimum Gasteiger partial charge on any atom is -0.480 e. The number of hydrogen-bond acceptors (Lipinski definition) is 4. The average Bonchev–Trinajstić information content (AvgIpc) is 2.47. The summed E-state index contributed by atoms with van der Waals surface area (Å²) < 4.78 is 5.11. The number of carbonyl (C=O) groups excluding carboxylic acids is 1. The summed E-state index contributed by atoms with van der Waals surface area (Å²) in [5.74, 6) is -0.823. The molecular weight excluding hydrogens is 274 g/mol. The molecule has 7 heteroatoms. The summed E-state index contributed by atoms with van der Waals surface area (Å²) in [5, 5.41) is 12.0. The van der Waals surface area contributed by atoms with Crippen LogP contribution in [0.15, 0.2) is 0 Å². The maximum Gasteiger partial charge on any atom is 0.320 e. The van der Waals surface area contributed by atoms with Crippen molar-refractivity contribution in [2.24, 2.45) is 0 Å². The molecule has 0 aromatic carbocycles. The van der Waals surface area contributed by atoms with E-state index in [0.717, 1.165) is 12.8 Å². The number of rotatable bonds is 7. The second-order valence-corrected chi connectivity index (χ2v) is 5.43. The molecule has 2 amide bonds. The van der Waals surface area contributed by atoms with Gasteiger partial charge in [-0.15, -0.1) is 0 Å². The van der Waals surface area contributed by atoms with E-state index in [1.54, 1.807) is 18.9 Å². The van der Waals surface area contributed by atoms with Gasteiger partial charge in [-0.2, -0.15) is 0 Å². The van der Waals surface area contributed by atoms with Crippen LogP contribution in [0.25, 0.3) is 0 Å². The molecule has 0 saturated carbocycles. The third kappa shape index (κ3) is 5.51. The van der Waals surface area contributed by atoms with Crippen LogP contribution in [-0.2, 0) is 9.53 Å². The van der Waals surface area contributed by atoms with Crippen molar-refractivity contribution in [3.05, 3.63) is 0 Å². The number of amides is 2. The molecule has 2 N–H and O–H groups in total. The molecular formula is C14H27N3O4. The van der Waals surface area contributed by atoms with E-state index >= 15 is 0 Å². The van der Waals surface area contributed by atoms with Gasteiger partial charge < -0.3 is 20.1 Å². The summed E-state index contributed by atoms with van der Waals surface area (Å²) in [6, 6.07) is -0.562. The summed E-state index contributed by atoms with van der Waals surface area (Å²) >= 11 is 0. The minimum atomic E-state index is -0.823. The zero-order valence-corrected chi connectivity index (χ0v) is 13.2. The van der Waals surface area contributed by atoms with E-state index in [-0.39, 0.29) is 12.1 Å². The first-order chi connectivity index (χ1) is 9.99. The average molecular weight is 301 g/mol. The summed E-state index contributed by atoms with van der Waals surface area (Å²) in [7, 11) is 1.63. The number of methoxy groups -OCH3 is 1. The van der Waals surface area contributed by atoms with Gasteiger partial charge in [-0.05, 0) is 13.3 Å². The number of hydrogen-bond donors (Lipinski definition) is 2. The van der Waals surface area contributed by atoms with Gasteiger partial charge in [0.05, 0.1) is 12.6 Å². The van der Waals surface area contributed by atoms with Crippen molar-refractivity contribution in [3.8, 4) is 0 Å². The molecule has 1 rings (SSSR count). The van der Waals surface area contributed by atoms with Gasteiger partial charge in [0.25, 0.3) is 0 Å². The van der Waals surface area contributed by atoms with Gasteiger partial charge in [0, 0.05) is 33.3 Å². The molecule has 7 nitrogen and oxygen atoms in total. The maximum absolute atomic E-state index is 12.2. The van der Waals surface area contributed by atoms with Crippen molar-refractivity contribution >= 4 is 12.0 Å². The third-order valence-electron chi connectivity index (χ3n) is 3.84. The van der Waals surface area contributed by atoms with Crippen LogP contribution in [0, 0.1) is 0 Å². The van der Waals surface area contributed by atoms with Crippen LogP contribution < -0.4 is 5.32 Å². The van der Waals surface area contributed by atoms with Gasteiger partial charge in [-0.1, -0.05) is 13.3 Å². The fourth-order valence-corrected chi connectivity index (χ4v) is 2.48. The van der Waals surface area contributed by atoms with E-state index in [9.17, 15) is 9.59 Å². The fraction of sp³-hybridized carbons (Fsp3) is 0.857. The Balaban J connectivity index is 2.42. The normalized spacial score (nSPS) is 19.1. The van der Waals surface area contributed by atoms with Crippen LogP contribution >= 0.6 is 0 Å². The Bertz CT molecular complexity index is 337. The first kappa shape index (κ1) is 17.7. The topological polar surface area (TPSA) is 82.1 Å². The Labute approximate surface area is 126 Å². The molecule has 1 aliphatic heterocycles. The second-order valence-electron chi connectivity index (χ2n) is 5.43. The number of nitrogens with zero attached hydrogens (tertiary/aromatic N) is 2. The predicted molar refractivity (Wildman–Crippen MR) is 79.3 cm³/mol. The largest absolute Gasteiger partial charge is 0.480 e. The lowest BCUT2D eigenvalue weighted by atomic mass is 10.2. The molecule has 122 valence electrons. The first-order valence-corrected chi connectivity index (χ1v) is 7.50. The number of carbonyl (C=O) groups is 2. The van der Waals surface area contributed by atoms with Crippen LogP contribution in [-0.4, -0.2) is 78.9 Å². The van der Waals surface area contributed by atoms with Crippen molar-refractivity contribution in [2.75, 3.05) is 39.9 Å². The molecule has 0 aliphatic carbocycles. The van der Waals surface area contributed by atoms with Gasteiger partial charge in [-0.3, -0.25) is 9.69 Å². The predicted octanol–water partition coefficient (Wildman–Crippen LogP) is 0.602. The first-order valence-electron chi connectivity index (χ1n) is 7.50. The third-order valence-corrected chi connectivity index (χ3v) is 3.84. The molecule has 2 unspecified atom stereocenters. The van der Waals surface area contributed by atoms with Crippen molar-refractivity contribution in [3.63, 3.8) is 0 Å². The van der Waals surface area contributed by atoms with Gasteiger partial charge >= 0.3 is 12.0 Å². The lowest BCUT2D eigenvalue weighted by molar-refractivity contribution is -0.143. The molecule has 0 spiro atoms. The Kier molecular flexibility index (Phi) is 7.45. The molecule has 0 radical (unpaired) electrons. The number of piperazine rings is 1. The minimum absolute atomic E-state index is 0.0310. The molecule has 0 aromatic heterocycles. The SMILES string of the molecule is CCCC(COC)NC(=O)N1CCN(C(C)C(=O)O)CC1. The number of urea groups is 1. The van der Waals surface area contributed by atoms with Gasteiger partial charge in [0.15, 0.2) is 0 Å². The molecule has 1 saturated heterocycles. The van der Waals surface area contributed by atoms with Crippen LogP contribution in [0.1, 0.15) is 26.7 Å². The summed E-state index contributed by atoms with van der Waals surface area (Å²) in [5.41, 5.74) is 0. The number of carboxylic acids is 1. The number of ether oxygens (including phenoxy) is 1. The highest BCUT2D eigenvalue weighted by molar-refractivity contribution is 5.75. The molecule has 2 atom stereocenters. The van der Waals surface area contributed by atoms with E-state index in [2.05, 4.69) is 12.2 Å². The molecule has 0 aromatic rings. The Morgan fingerprint density at radius 1 is 1.29 bits per heavy atom. The Morgan fingerprint density at radius 3 is 2.38 bits per heavy atom. The molecule has 1 fully saturated rings. The number of aliphatic carboxylic acids is 1. The van der Waals surface area contributed by atoms with Gasteiger partial charge in [0.1, 0.15) is 6.04 Å².